The number of aromatic nitrogens is 1. The van der Waals surface area contributed by atoms with Gasteiger partial charge >= 0.3 is 0 Å². The van der Waals surface area contributed by atoms with Gasteiger partial charge in [0.2, 0.25) is 0 Å². The molecule has 0 saturated heterocycles. The molecule has 0 aliphatic carbocycles. The van der Waals surface area contributed by atoms with Gasteiger partial charge in [0, 0.05) is 17.3 Å². The summed E-state index contributed by atoms with van der Waals surface area (Å²) in [6.07, 6.45) is 3.58. The molecule has 0 unspecified atom stereocenters. The summed E-state index contributed by atoms with van der Waals surface area (Å²) >= 11 is 0. The fraction of sp³-hybridized carbons (Fsp3) is 0.200. The molecule has 0 aliphatic rings. The number of fused-ring (bicyclic) bond motifs is 1. The minimum Gasteiger partial charge on any atom is -0.354 e. The fourth-order valence-corrected chi connectivity index (χ4v) is 2.69. The number of hydrogen-bond donors (Lipinski definition) is 1. The summed E-state index contributed by atoms with van der Waals surface area (Å²) in [4.78, 5) is 4.40. The zero-order valence-electron chi connectivity index (χ0n) is 13.4. The highest BCUT2D eigenvalue weighted by Gasteiger charge is 2.10. The lowest BCUT2D eigenvalue weighted by molar-refractivity contribution is 1.14. The Labute approximate surface area is 136 Å². The summed E-state index contributed by atoms with van der Waals surface area (Å²) in [5, 5.41) is 13.9. The molecule has 0 spiro atoms. The Kier molecular flexibility index (Phi) is 4.25. The molecule has 2 aromatic carbocycles. The molecule has 3 aromatic rings. The molecule has 1 N–H and O–H groups in total. The van der Waals surface area contributed by atoms with Crippen molar-refractivity contribution in [2.45, 2.75) is 26.7 Å². The predicted molar refractivity (Wildman–Crippen MR) is 94.9 cm³/mol. The molecule has 1 aromatic heterocycles. The van der Waals surface area contributed by atoms with Crippen molar-refractivity contribution in [3.05, 3.63) is 65.4 Å². The zero-order valence-corrected chi connectivity index (χ0v) is 13.4. The van der Waals surface area contributed by atoms with Crippen LogP contribution in [0.15, 0.2) is 48.7 Å². The van der Waals surface area contributed by atoms with Crippen molar-refractivity contribution in [3.63, 3.8) is 0 Å². The van der Waals surface area contributed by atoms with Crippen LogP contribution in [-0.2, 0) is 12.8 Å². The van der Waals surface area contributed by atoms with E-state index in [0.717, 1.165) is 35.1 Å². The topological polar surface area (TPSA) is 48.7 Å². The number of aryl methyl sites for hydroxylation is 2. The van der Waals surface area contributed by atoms with Crippen molar-refractivity contribution in [3.8, 4) is 6.07 Å². The molecule has 114 valence electrons. The maximum atomic E-state index is 9.45. The van der Waals surface area contributed by atoms with Gasteiger partial charge in [-0.3, -0.25) is 4.98 Å². The van der Waals surface area contributed by atoms with Crippen LogP contribution < -0.4 is 5.32 Å². The van der Waals surface area contributed by atoms with Gasteiger partial charge in [-0.2, -0.15) is 5.26 Å². The minimum atomic E-state index is 0.563. The van der Waals surface area contributed by atoms with Gasteiger partial charge in [-0.15, -0.1) is 0 Å². The quantitative estimate of drug-likeness (QED) is 0.739. The van der Waals surface area contributed by atoms with Gasteiger partial charge in [0.1, 0.15) is 6.07 Å². The van der Waals surface area contributed by atoms with Crippen molar-refractivity contribution < 1.29 is 0 Å². The molecule has 0 fully saturated rings. The van der Waals surface area contributed by atoms with Gasteiger partial charge in [-0.25, -0.2) is 0 Å². The molecular weight excluding hydrogens is 282 g/mol. The van der Waals surface area contributed by atoms with E-state index in [0.29, 0.717) is 5.56 Å². The average Bonchev–Trinajstić information content (AvgIpc) is 2.61. The Morgan fingerprint density at radius 3 is 2.57 bits per heavy atom. The van der Waals surface area contributed by atoms with E-state index in [4.69, 9.17) is 0 Å². The lowest BCUT2D eigenvalue weighted by Gasteiger charge is -2.13. The number of hydrogen-bond acceptors (Lipinski definition) is 3. The summed E-state index contributed by atoms with van der Waals surface area (Å²) in [5.74, 6) is 0. The normalized spacial score (nSPS) is 10.5. The van der Waals surface area contributed by atoms with E-state index in [2.05, 4.69) is 54.5 Å². The number of pyridine rings is 1. The molecule has 0 amide bonds. The largest absolute Gasteiger partial charge is 0.354 e. The summed E-state index contributed by atoms with van der Waals surface area (Å²) in [5.41, 5.74) is 5.79. The number of rotatable bonds is 4. The first-order valence-electron chi connectivity index (χ1n) is 7.92. The van der Waals surface area contributed by atoms with Crippen molar-refractivity contribution in [2.75, 3.05) is 5.32 Å². The van der Waals surface area contributed by atoms with Crippen LogP contribution in [0.4, 0.5) is 11.4 Å². The molecule has 0 bridgehead atoms. The molecular formula is C20H19N3. The van der Waals surface area contributed by atoms with Crippen LogP contribution >= 0.6 is 0 Å². The Morgan fingerprint density at radius 2 is 1.83 bits per heavy atom. The second-order valence-electron chi connectivity index (χ2n) is 5.54. The molecule has 0 atom stereocenters. The Bertz CT molecular complexity index is 891. The summed E-state index contributed by atoms with van der Waals surface area (Å²) in [6, 6.07) is 16.8. The Balaban J connectivity index is 2.15. The summed E-state index contributed by atoms with van der Waals surface area (Å²) in [6.45, 7) is 4.26. The SMILES string of the molecule is CCc1cccc(Nc2c(C#N)cnc3ccc(CC)cc23)c1. The first kappa shape index (κ1) is 15.1. The smallest absolute Gasteiger partial charge is 0.103 e. The van der Waals surface area contributed by atoms with Crippen molar-refractivity contribution in [2.24, 2.45) is 0 Å². The van der Waals surface area contributed by atoms with Crippen LogP contribution in [0.3, 0.4) is 0 Å². The van der Waals surface area contributed by atoms with Crippen molar-refractivity contribution in [1.29, 1.82) is 5.26 Å². The van der Waals surface area contributed by atoms with Gasteiger partial charge in [0.25, 0.3) is 0 Å². The molecule has 3 nitrogen and oxygen atoms in total. The Morgan fingerprint density at radius 1 is 1.04 bits per heavy atom. The third-order valence-electron chi connectivity index (χ3n) is 4.07. The van der Waals surface area contributed by atoms with Gasteiger partial charge in [-0.05, 0) is 48.2 Å². The van der Waals surface area contributed by atoms with Crippen LogP contribution in [0.2, 0.25) is 0 Å². The van der Waals surface area contributed by atoms with Gasteiger partial charge in [-0.1, -0.05) is 32.0 Å². The van der Waals surface area contributed by atoms with Crippen LogP contribution in [0.25, 0.3) is 10.9 Å². The highest BCUT2D eigenvalue weighted by Crippen LogP contribution is 2.30. The maximum Gasteiger partial charge on any atom is 0.103 e. The molecule has 23 heavy (non-hydrogen) atoms. The summed E-state index contributed by atoms with van der Waals surface area (Å²) < 4.78 is 0. The van der Waals surface area contributed by atoms with E-state index >= 15 is 0 Å². The lowest BCUT2D eigenvalue weighted by atomic mass is 10.0. The number of benzene rings is 2. The zero-order chi connectivity index (χ0) is 16.2. The van der Waals surface area contributed by atoms with Crippen molar-refractivity contribution in [1.82, 2.24) is 4.98 Å². The van der Waals surface area contributed by atoms with Crippen LogP contribution in [0.5, 0.6) is 0 Å². The Hall–Kier alpha value is -2.86. The minimum absolute atomic E-state index is 0.563. The van der Waals surface area contributed by atoms with E-state index in [1.807, 2.05) is 18.2 Å². The van der Waals surface area contributed by atoms with E-state index in [-0.39, 0.29) is 0 Å². The summed E-state index contributed by atoms with van der Waals surface area (Å²) in [7, 11) is 0. The van der Waals surface area contributed by atoms with Crippen LogP contribution in [0.1, 0.15) is 30.5 Å². The number of nitrogens with one attached hydrogen (secondary N) is 1. The highest BCUT2D eigenvalue weighted by atomic mass is 14.9. The second kappa shape index (κ2) is 6.50. The molecule has 1 heterocycles. The van der Waals surface area contributed by atoms with Gasteiger partial charge in [0.05, 0.1) is 16.8 Å². The van der Waals surface area contributed by atoms with E-state index in [1.54, 1.807) is 6.20 Å². The van der Waals surface area contributed by atoms with Gasteiger partial charge < -0.3 is 5.32 Å². The van der Waals surface area contributed by atoms with E-state index in [1.165, 1.54) is 11.1 Å². The molecule has 0 radical (unpaired) electrons. The number of nitriles is 1. The lowest BCUT2D eigenvalue weighted by Crippen LogP contribution is -1.98. The standard InChI is InChI=1S/C20H19N3/c1-3-14-6-5-7-17(10-14)23-20-16(12-21)13-22-19-9-8-15(4-2)11-18(19)20/h5-11,13H,3-4H2,1-2H3,(H,22,23). The maximum absolute atomic E-state index is 9.45. The third kappa shape index (κ3) is 3.02. The van der Waals surface area contributed by atoms with E-state index in [9.17, 15) is 5.26 Å². The predicted octanol–water partition coefficient (Wildman–Crippen LogP) is 4.97. The van der Waals surface area contributed by atoms with Crippen LogP contribution in [-0.4, -0.2) is 4.98 Å². The van der Waals surface area contributed by atoms with E-state index < -0.39 is 0 Å². The van der Waals surface area contributed by atoms with Gasteiger partial charge in [0.15, 0.2) is 0 Å². The number of anilines is 2. The first-order valence-corrected chi connectivity index (χ1v) is 7.92. The fourth-order valence-electron chi connectivity index (χ4n) is 2.69. The second-order valence-corrected chi connectivity index (χ2v) is 5.54. The molecule has 3 rings (SSSR count). The molecule has 0 saturated carbocycles. The highest BCUT2D eigenvalue weighted by molar-refractivity contribution is 5.96. The van der Waals surface area contributed by atoms with Crippen molar-refractivity contribution >= 4 is 22.3 Å². The third-order valence-corrected chi connectivity index (χ3v) is 4.07. The monoisotopic (exact) mass is 301 g/mol. The number of nitrogens with zero attached hydrogens (tertiary/aromatic N) is 2. The van der Waals surface area contributed by atoms with Crippen LogP contribution in [0, 0.1) is 11.3 Å². The average molecular weight is 301 g/mol. The first-order chi connectivity index (χ1) is 11.2. The molecule has 0 aliphatic heterocycles. The molecule has 3 heteroatoms.